The van der Waals surface area contributed by atoms with Crippen LogP contribution < -0.4 is 14.2 Å². The Morgan fingerprint density at radius 1 is 0.963 bits per heavy atom. The van der Waals surface area contributed by atoms with Gasteiger partial charge in [-0.05, 0) is 24.3 Å². The number of halogens is 1. The predicted octanol–water partition coefficient (Wildman–Crippen LogP) is 4.80. The molecule has 0 bridgehead atoms. The van der Waals surface area contributed by atoms with Crippen molar-refractivity contribution in [1.29, 1.82) is 0 Å². The van der Waals surface area contributed by atoms with E-state index >= 15 is 0 Å². The topological polar surface area (TPSA) is 57.9 Å². The zero-order chi connectivity index (χ0) is 19.0. The summed E-state index contributed by atoms with van der Waals surface area (Å²) in [7, 11) is 4.73. The zero-order valence-corrected chi connectivity index (χ0v) is 16.5. The van der Waals surface area contributed by atoms with Crippen molar-refractivity contribution in [3.8, 4) is 39.9 Å². The van der Waals surface area contributed by atoms with Gasteiger partial charge in [0, 0.05) is 21.5 Å². The van der Waals surface area contributed by atoms with Crippen molar-refractivity contribution in [3.63, 3.8) is 0 Å². The van der Waals surface area contributed by atoms with Gasteiger partial charge in [0.1, 0.15) is 0 Å². The molecule has 0 saturated carbocycles. The van der Waals surface area contributed by atoms with Crippen molar-refractivity contribution in [3.05, 3.63) is 46.8 Å². The van der Waals surface area contributed by atoms with E-state index in [0.29, 0.717) is 28.1 Å². The average molecular weight is 402 g/mol. The third kappa shape index (κ3) is 3.09. The first kappa shape index (κ1) is 17.6. The van der Waals surface area contributed by atoms with E-state index < -0.39 is 0 Å². The molecule has 0 aliphatic rings. The molecule has 0 fully saturated rings. The van der Waals surface area contributed by atoms with E-state index in [4.69, 9.17) is 25.8 Å². The van der Waals surface area contributed by atoms with Crippen LogP contribution in [-0.4, -0.2) is 35.9 Å². The number of benzene rings is 2. The van der Waals surface area contributed by atoms with Crippen molar-refractivity contribution in [1.82, 2.24) is 14.6 Å². The molecule has 138 valence electrons. The SMILES string of the molecule is COc1cc(-c2nc3scc(-c4cccc(Cl)c4)n3n2)cc(OC)c1OC. The predicted molar refractivity (Wildman–Crippen MR) is 106 cm³/mol. The third-order valence-corrected chi connectivity index (χ3v) is 5.18. The van der Waals surface area contributed by atoms with Gasteiger partial charge in [-0.3, -0.25) is 0 Å². The monoisotopic (exact) mass is 401 g/mol. The fraction of sp³-hybridized carbons (Fsp3) is 0.158. The van der Waals surface area contributed by atoms with Crippen molar-refractivity contribution >= 4 is 27.9 Å². The highest BCUT2D eigenvalue weighted by Crippen LogP contribution is 2.41. The maximum atomic E-state index is 6.13. The molecule has 0 unspecified atom stereocenters. The van der Waals surface area contributed by atoms with Gasteiger partial charge in [-0.15, -0.1) is 16.4 Å². The smallest absolute Gasteiger partial charge is 0.213 e. The molecule has 4 aromatic rings. The summed E-state index contributed by atoms with van der Waals surface area (Å²) >= 11 is 7.64. The number of hydrogen-bond donors (Lipinski definition) is 0. The van der Waals surface area contributed by atoms with Crippen LogP contribution >= 0.6 is 22.9 Å². The molecule has 0 N–H and O–H groups in total. The van der Waals surface area contributed by atoms with Crippen LogP contribution in [0.5, 0.6) is 17.2 Å². The molecule has 6 nitrogen and oxygen atoms in total. The molecule has 0 amide bonds. The van der Waals surface area contributed by atoms with Gasteiger partial charge in [0.15, 0.2) is 17.3 Å². The van der Waals surface area contributed by atoms with Crippen LogP contribution in [0.4, 0.5) is 0 Å². The van der Waals surface area contributed by atoms with Crippen LogP contribution in [0, 0.1) is 0 Å². The van der Waals surface area contributed by atoms with Gasteiger partial charge < -0.3 is 14.2 Å². The Balaban J connectivity index is 1.84. The minimum absolute atomic E-state index is 0.532. The van der Waals surface area contributed by atoms with E-state index in [1.807, 2.05) is 46.3 Å². The third-order valence-electron chi connectivity index (χ3n) is 4.12. The van der Waals surface area contributed by atoms with E-state index in [1.165, 1.54) is 11.3 Å². The summed E-state index contributed by atoms with van der Waals surface area (Å²) in [4.78, 5) is 5.43. The molecule has 2 aromatic carbocycles. The quantitative estimate of drug-likeness (QED) is 0.480. The van der Waals surface area contributed by atoms with E-state index in [-0.39, 0.29) is 0 Å². The van der Waals surface area contributed by atoms with Crippen LogP contribution in [0.1, 0.15) is 0 Å². The minimum atomic E-state index is 0.532. The van der Waals surface area contributed by atoms with Crippen molar-refractivity contribution in [2.24, 2.45) is 0 Å². The lowest BCUT2D eigenvalue weighted by molar-refractivity contribution is 0.324. The number of fused-ring (bicyclic) bond motifs is 1. The lowest BCUT2D eigenvalue weighted by Gasteiger charge is -2.12. The van der Waals surface area contributed by atoms with E-state index in [0.717, 1.165) is 21.8 Å². The summed E-state index contributed by atoms with van der Waals surface area (Å²) in [5, 5.41) is 7.37. The Morgan fingerprint density at radius 3 is 2.33 bits per heavy atom. The first-order valence-corrected chi connectivity index (χ1v) is 9.31. The molecule has 0 radical (unpaired) electrons. The highest BCUT2D eigenvalue weighted by Gasteiger charge is 2.18. The molecular weight excluding hydrogens is 386 g/mol. The first-order chi connectivity index (χ1) is 13.1. The van der Waals surface area contributed by atoms with Gasteiger partial charge >= 0.3 is 0 Å². The maximum Gasteiger partial charge on any atom is 0.213 e. The number of methoxy groups -OCH3 is 3. The summed E-state index contributed by atoms with van der Waals surface area (Å²) < 4.78 is 18.0. The molecule has 0 saturated heterocycles. The van der Waals surface area contributed by atoms with Gasteiger partial charge in [0.25, 0.3) is 0 Å². The van der Waals surface area contributed by atoms with Crippen molar-refractivity contribution in [2.45, 2.75) is 0 Å². The van der Waals surface area contributed by atoms with Crippen LogP contribution in [0.2, 0.25) is 5.02 Å². The average Bonchev–Trinajstić information content (AvgIpc) is 3.27. The van der Waals surface area contributed by atoms with Crippen molar-refractivity contribution in [2.75, 3.05) is 21.3 Å². The largest absolute Gasteiger partial charge is 0.493 e. The Labute approximate surface area is 164 Å². The summed E-state index contributed by atoms with van der Waals surface area (Å²) in [6.07, 6.45) is 0. The van der Waals surface area contributed by atoms with E-state index in [9.17, 15) is 0 Å². The summed E-state index contributed by atoms with van der Waals surface area (Å²) in [5.74, 6) is 2.22. The van der Waals surface area contributed by atoms with Crippen LogP contribution in [0.3, 0.4) is 0 Å². The molecule has 4 rings (SSSR count). The molecule has 8 heteroatoms. The highest BCUT2D eigenvalue weighted by atomic mass is 35.5. The second-order valence-electron chi connectivity index (χ2n) is 5.68. The normalized spacial score (nSPS) is 11.0. The molecule has 0 spiro atoms. The van der Waals surface area contributed by atoms with Gasteiger partial charge in [0.2, 0.25) is 10.7 Å². The Kier molecular flexibility index (Phi) is 4.63. The standard InChI is InChI=1S/C19H16ClN3O3S/c1-24-15-8-12(9-16(25-2)17(15)26-3)18-21-19-23(22-18)14(10-27-19)11-5-4-6-13(20)7-11/h4-10H,1-3H3. The Hall–Kier alpha value is -2.77. The molecule has 0 aliphatic carbocycles. The zero-order valence-electron chi connectivity index (χ0n) is 14.9. The number of rotatable bonds is 5. The molecule has 27 heavy (non-hydrogen) atoms. The number of hydrogen-bond acceptors (Lipinski definition) is 6. The Bertz CT molecular complexity index is 1100. The molecule has 2 heterocycles. The summed E-state index contributed by atoms with van der Waals surface area (Å²) in [6.45, 7) is 0. The lowest BCUT2D eigenvalue weighted by Crippen LogP contribution is -1.96. The number of aromatic nitrogens is 3. The van der Waals surface area contributed by atoms with E-state index in [1.54, 1.807) is 21.3 Å². The molecule has 2 aromatic heterocycles. The summed E-state index contributed by atoms with van der Waals surface area (Å²) in [6, 6.07) is 11.3. The lowest BCUT2D eigenvalue weighted by atomic mass is 10.1. The first-order valence-electron chi connectivity index (χ1n) is 8.05. The van der Waals surface area contributed by atoms with Crippen LogP contribution in [-0.2, 0) is 0 Å². The highest BCUT2D eigenvalue weighted by molar-refractivity contribution is 7.15. The molecular formula is C19H16ClN3O3S. The van der Waals surface area contributed by atoms with Crippen molar-refractivity contribution < 1.29 is 14.2 Å². The fourth-order valence-electron chi connectivity index (χ4n) is 2.86. The number of thiazole rings is 1. The number of nitrogens with zero attached hydrogens (tertiary/aromatic N) is 3. The van der Waals surface area contributed by atoms with Gasteiger partial charge in [0.05, 0.1) is 27.0 Å². The van der Waals surface area contributed by atoms with E-state index in [2.05, 4.69) is 10.1 Å². The maximum absolute atomic E-state index is 6.13. The fourth-order valence-corrected chi connectivity index (χ4v) is 3.88. The van der Waals surface area contributed by atoms with Gasteiger partial charge in [-0.25, -0.2) is 4.52 Å². The second-order valence-corrected chi connectivity index (χ2v) is 6.95. The Morgan fingerprint density at radius 2 is 1.70 bits per heavy atom. The van der Waals surface area contributed by atoms with Gasteiger partial charge in [-0.1, -0.05) is 23.7 Å². The minimum Gasteiger partial charge on any atom is -0.493 e. The van der Waals surface area contributed by atoms with Crippen LogP contribution in [0.25, 0.3) is 27.6 Å². The van der Waals surface area contributed by atoms with Crippen LogP contribution in [0.15, 0.2) is 41.8 Å². The number of ether oxygens (including phenoxy) is 3. The van der Waals surface area contributed by atoms with Gasteiger partial charge in [-0.2, -0.15) is 4.98 Å². The summed E-state index contributed by atoms with van der Waals surface area (Å²) in [5.41, 5.74) is 2.69. The molecule has 0 aliphatic heterocycles. The second kappa shape index (κ2) is 7.09. The molecule has 0 atom stereocenters.